The van der Waals surface area contributed by atoms with Crippen molar-refractivity contribution in [2.24, 2.45) is 0 Å². The van der Waals surface area contributed by atoms with Crippen LogP contribution in [0.3, 0.4) is 0 Å². The quantitative estimate of drug-likeness (QED) is 0.380. The maximum absolute atomic E-state index is 12.5. The number of carbonyl (C=O) groups is 2. The molecular formula is C27H22N2O4S. The maximum atomic E-state index is 12.5. The summed E-state index contributed by atoms with van der Waals surface area (Å²) in [5.74, 6) is -1.21. The standard InChI is InChI=1S/C27H22N2O4S/c30-26(31)24(14-18-15-28-25(34-18)17-8-2-1-3-9-17)29-27(32)33-16-23-21-12-6-4-10-19(21)20-11-5-7-13-22(20)23/h1-13,15,23-24H,14,16H2,(H,29,32)(H,30,31). The molecule has 1 atom stereocenters. The number of aromatic nitrogens is 1. The van der Waals surface area contributed by atoms with Crippen LogP contribution in [-0.2, 0) is 16.0 Å². The first-order chi connectivity index (χ1) is 16.6. The van der Waals surface area contributed by atoms with E-state index >= 15 is 0 Å². The van der Waals surface area contributed by atoms with Crippen molar-refractivity contribution in [2.45, 2.75) is 18.4 Å². The number of thiazole rings is 1. The summed E-state index contributed by atoms with van der Waals surface area (Å²) in [6, 6.07) is 24.7. The first-order valence-electron chi connectivity index (χ1n) is 10.9. The van der Waals surface area contributed by atoms with Crippen LogP contribution in [0.15, 0.2) is 85.1 Å². The second-order valence-electron chi connectivity index (χ2n) is 8.06. The Kier molecular flexibility index (Phi) is 6.10. The van der Waals surface area contributed by atoms with Crippen molar-refractivity contribution in [2.75, 3.05) is 6.61 Å². The van der Waals surface area contributed by atoms with Crippen LogP contribution in [0.25, 0.3) is 21.7 Å². The number of aliphatic carboxylic acids is 1. The molecule has 0 aliphatic heterocycles. The van der Waals surface area contributed by atoms with Crippen LogP contribution < -0.4 is 5.32 Å². The van der Waals surface area contributed by atoms with E-state index in [0.29, 0.717) is 0 Å². The molecule has 0 bridgehead atoms. The van der Waals surface area contributed by atoms with Crippen LogP contribution in [0, 0.1) is 0 Å². The molecule has 1 heterocycles. The zero-order chi connectivity index (χ0) is 23.5. The Labute approximate surface area is 200 Å². The molecule has 0 fully saturated rings. The molecule has 7 heteroatoms. The minimum atomic E-state index is -1.12. The van der Waals surface area contributed by atoms with Crippen molar-refractivity contribution < 1.29 is 19.4 Å². The monoisotopic (exact) mass is 470 g/mol. The van der Waals surface area contributed by atoms with E-state index in [2.05, 4.69) is 22.4 Å². The largest absolute Gasteiger partial charge is 0.480 e. The molecule has 1 aromatic heterocycles. The molecule has 1 aliphatic rings. The molecule has 2 N–H and O–H groups in total. The molecule has 5 rings (SSSR count). The highest BCUT2D eigenvalue weighted by Gasteiger charge is 2.30. The summed E-state index contributed by atoms with van der Waals surface area (Å²) < 4.78 is 5.51. The van der Waals surface area contributed by atoms with Crippen LogP contribution in [-0.4, -0.2) is 34.8 Å². The number of carbonyl (C=O) groups excluding carboxylic acids is 1. The van der Waals surface area contributed by atoms with Crippen molar-refractivity contribution in [3.63, 3.8) is 0 Å². The van der Waals surface area contributed by atoms with Gasteiger partial charge in [0.05, 0.1) is 0 Å². The number of carboxylic acids is 1. The predicted molar refractivity (Wildman–Crippen MR) is 131 cm³/mol. The number of carboxylic acid groups (broad SMARTS) is 1. The summed E-state index contributed by atoms with van der Waals surface area (Å²) >= 11 is 1.41. The lowest BCUT2D eigenvalue weighted by atomic mass is 9.98. The van der Waals surface area contributed by atoms with Gasteiger partial charge in [0.2, 0.25) is 0 Å². The number of hydrogen-bond donors (Lipinski definition) is 2. The van der Waals surface area contributed by atoms with Gasteiger partial charge in [0, 0.05) is 29.0 Å². The Hall–Kier alpha value is -3.97. The Balaban J connectivity index is 1.24. The lowest BCUT2D eigenvalue weighted by Crippen LogP contribution is -2.42. The number of benzene rings is 3. The van der Waals surface area contributed by atoms with Gasteiger partial charge < -0.3 is 15.2 Å². The van der Waals surface area contributed by atoms with E-state index in [1.54, 1.807) is 6.20 Å². The molecule has 4 aromatic rings. The lowest BCUT2D eigenvalue weighted by molar-refractivity contribution is -0.139. The molecule has 1 amide bonds. The summed E-state index contributed by atoms with van der Waals surface area (Å²) in [6.07, 6.45) is 1.04. The first-order valence-corrected chi connectivity index (χ1v) is 11.8. The maximum Gasteiger partial charge on any atom is 0.407 e. The van der Waals surface area contributed by atoms with Gasteiger partial charge in [0.1, 0.15) is 17.7 Å². The second-order valence-corrected chi connectivity index (χ2v) is 9.18. The van der Waals surface area contributed by atoms with Crippen molar-refractivity contribution in [1.29, 1.82) is 0 Å². The van der Waals surface area contributed by atoms with E-state index in [1.807, 2.05) is 66.7 Å². The second kappa shape index (κ2) is 9.49. The predicted octanol–water partition coefficient (Wildman–Crippen LogP) is 5.34. The number of rotatable bonds is 7. The minimum Gasteiger partial charge on any atom is -0.480 e. The molecule has 0 saturated carbocycles. The molecule has 0 radical (unpaired) electrons. The molecule has 1 aliphatic carbocycles. The van der Waals surface area contributed by atoms with Crippen LogP contribution in [0.5, 0.6) is 0 Å². The highest BCUT2D eigenvalue weighted by atomic mass is 32.1. The zero-order valence-electron chi connectivity index (χ0n) is 18.2. The van der Waals surface area contributed by atoms with E-state index in [0.717, 1.165) is 37.7 Å². The van der Waals surface area contributed by atoms with Crippen LogP contribution in [0.2, 0.25) is 0 Å². The van der Waals surface area contributed by atoms with Crippen molar-refractivity contribution in [3.05, 3.63) is 101 Å². The number of amides is 1. The number of fused-ring (bicyclic) bond motifs is 3. The van der Waals surface area contributed by atoms with Crippen LogP contribution >= 0.6 is 11.3 Å². The zero-order valence-corrected chi connectivity index (χ0v) is 19.0. The number of hydrogen-bond acceptors (Lipinski definition) is 5. The third-order valence-electron chi connectivity index (χ3n) is 5.91. The molecule has 6 nitrogen and oxygen atoms in total. The minimum absolute atomic E-state index is 0.0867. The Bertz CT molecular complexity index is 1290. The fourth-order valence-corrected chi connectivity index (χ4v) is 5.26. The molecule has 3 aromatic carbocycles. The van der Waals surface area contributed by atoms with E-state index in [1.165, 1.54) is 11.3 Å². The fraction of sp³-hybridized carbons (Fsp3) is 0.148. The summed E-state index contributed by atoms with van der Waals surface area (Å²) in [5.41, 5.74) is 5.44. The summed E-state index contributed by atoms with van der Waals surface area (Å²) in [7, 11) is 0. The summed E-state index contributed by atoms with van der Waals surface area (Å²) in [5, 5.41) is 13.0. The van der Waals surface area contributed by atoms with Gasteiger partial charge in [-0.25, -0.2) is 14.6 Å². The summed E-state index contributed by atoms with van der Waals surface area (Å²) in [4.78, 5) is 29.5. The van der Waals surface area contributed by atoms with Gasteiger partial charge in [0.15, 0.2) is 0 Å². The van der Waals surface area contributed by atoms with Gasteiger partial charge in [-0.3, -0.25) is 0 Å². The van der Waals surface area contributed by atoms with Gasteiger partial charge >= 0.3 is 12.1 Å². The number of nitrogens with one attached hydrogen (secondary N) is 1. The Morgan fingerprint density at radius 2 is 1.56 bits per heavy atom. The smallest absolute Gasteiger partial charge is 0.407 e. The van der Waals surface area contributed by atoms with Gasteiger partial charge in [-0.1, -0.05) is 78.9 Å². The Morgan fingerprint density at radius 1 is 0.941 bits per heavy atom. The van der Waals surface area contributed by atoms with Crippen LogP contribution in [0.1, 0.15) is 21.9 Å². The third-order valence-corrected chi connectivity index (χ3v) is 6.98. The average molecular weight is 471 g/mol. The molecule has 0 spiro atoms. The van der Waals surface area contributed by atoms with Crippen molar-refractivity contribution in [1.82, 2.24) is 10.3 Å². The highest BCUT2D eigenvalue weighted by molar-refractivity contribution is 7.15. The first kappa shape index (κ1) is 21.9. The van der Waals surface area contributed by atoms with Gasteiger partial charge in [-0.2, -0.15) is 0 Å². The van der Waals surface area contributed by atoms with Gasteiger partial charge in [-0.05, 0) is 22.3 Å². The SMILES string of the molecule is O=C(NC(Cc1cnc(-c2ccccc2)s1)C(=O)O)OCC1c2ccccc2-c2ccccc21. The third kappa shape index (κ3) is 4.43. The number of alkyl carbamates (subject to hydrolysis) is 1. The van der Waals surface area contributed by atoms with Gasteiger partial charge in [0.25, 0.3) is 0 Å². The normalized spacial score (nSPS) is 13.1. The van der Waals surface area contributed by atoms with Gasteiger partial charge in [-0.15, -0.1) is 11.3 Å². The lowest BCUT2D eigenvalue weighted by Gasteiger charge is -2.17. The van der Waals surface area contributed by atoms with E-state index in [-0.39, 0.29) is 18.9 Å². The topological polar surface area (TPSA) is 88.5 Å². The number of ether oxygens (including phenoxy) is 1. The molecule has 170 valence electrons. The fourth-order valence-electron chi connectivity index (χ4n) is 4.30. The van der Waals surface area contributed by atoms with E-state index in [4.69, 9.17) is 4.74 Å². The van der Waals surface area contributed by atoms with Crippen molar-refractivity contribution in [3.8, 4) is 21.7 Å². The highest BCUT2D eigenvalue weighted by Crippen LogP contribution is 2.44. The van der Waals surface area contributed by atoms with E-state index in [9.17, 15) is 14.7 Å². The van der Waals surface area contributed by atoms with Crippen molar-refractivity contribution >= 4 is 23.4 Å². The molecule has 0 saturated heterocycles. The molecule has 34 heavy (non-hydrogen) atoms. The van der Waals surface area contributed by atoms with E-state index < -0.39 is 18.1 Å². The molecule has 1 unspecified atom stereocenters. The summed E-state index contributed by atoms with van der Waals surface area (Å²) in [6.45, 7) is 0.130. The molecular weight excluding hydrogens is 448 g/mol. The average Bonchev–Trinajstić information content (AvgIpc) is 3.46. The van der Waals surface area contributed by atoms with Crippen LogP contribution in [0.4, 0.5) is 4.79 Å². The Morgan fingerprint density at radius 3 is 2.21 bits per heavy atom. The number of nitrogens with zero attached hydrogens (tertiary/aromatic N) is 1.